The molecule has 1 aliphatic heterocycles. The summed E-state index contributed by atoms with van der Waals surface area (Å²) in [7, 11) is 1.60. The normalized spacial score (nSPS) is 18.8. The van der Waals surface area contributed by atoms with Crippen molar-refractivity contribution in [2.45, 2.75) is 25.3 Å². The Kier molecular flexibility index (Phi) is 5.45. The lowest BCUT2D eigenvalue weighted by Crippen LogP contribution is -2.44. The van der Waals surface area contributed by atoms with Crippen LogP contribution in [0, 0.1) is 0 Å². The Hall–Kier alpha value is -2.64. The van der Waals surface area contributed by atoms with Crippen LogP contribution in [0.5, 0.6) is 0 Å². The topological polar surface area (TPSA) is 70.7 Å². The van der Waals surface area contributed by atoms with Gasteiger partial charge in [0.05, 0.1) is 18.0 Å². The Bertz CT molecular complexity index is 907. The zero-order chi connectivity index (χ0) is 19.5. The molecule has 1 unspecified atom stereocenters. The van der Waals surface area contributed by atoms with Crippen LogP contribution in [-0.2, 0) is 9.53 Å². The van der Waals surface area contributed by atoms with Crippen LogP contribution >= 0.6 is 11.3 Å². The van der Waals surface area contributed by atoms with Gasteiger partial charge in [-0.05, 0) is 36.4 Å². The van der Waals surface area contributed by atoms with Crippen molar-refractivity contribution in [3.05, 3.63) is 57.9 Å². The smallest absolute Gasteiger partial charge is 0.322 e. The average Bonchev–Trinajstić information content (AvgIpc) is 3.17. The summed E-state index contributed by atoms with van der Waals surface area (Å²) < 4.78 is 5.07. The van der Waals surface area contributed by atoms with Crippen molar-refractivity contribution in [2.24, 2.45) is 0 Å². The Morgan fingerprint density at radius 2 is 2.14 bits per heavy atom. The molecule has 1 aromatic heterocycles. The second-order valence-corrected chi connectivity index (χ2v) is 7.80. The molecule has 2 aromatic rings. The maximum Gasteiger partial charge on any atom is 0.322 e. The molecule has 7 heteroatoms. The third-order valence-corrected chi connectivity index (χ3v) is 5.98. The first-order chi connectivity index (χ1) is 13.7. The Labute approximate surface area is 168 Å². The van der Waals surface area contributed by atoms with Crippen molar-refractivity contribution in [2.75, 3.05) is 30.5 Å². The third kappa shape index (κ3) is 3.43. The first-order valence-corrected chi connectivity index (χ1v) is 10.3. The van der Waals surface area contributed by atoms with Crippen LogP contribution in [0.2, 0.25) is 0 Å². The molecular weight excluding hydrogens is 374 g/mol. The van der Waals surface area contributed by atoms with E-state index in [0.717, 1.165) is 34.8 Å². The standard InChI is InChI=1S/C21H23N3O3S/c1-27-12-11-22-21(26)24-16-8-3-2-6-14(16)23-15-7-4-9-17(25)19(15)20(24)18-10-5-13-28-18/h2-3,5-6,8,10,13,20,23H,4,7,9,11-12H2,1H3,(H,22,26). The Morgan fingerprint density at radius 3 is 2.93 bits per heavy atom. The number of methoxy groups -OCH3 is 1. The number of nitrogens with one attached hydrogen (secondary N) is 2. The summed E-state index contributed by atoms with van der Waals surface area (Å²) in [5, 5.41) is 8.36. The van der Waals surface area contributed by atoms with Gasteiger partial charge in [0, 0.05) is 36.2 Å². The number of hydrogen-bond acceptors (Lipinski definition) is 5. The molecular formula is C21H23N3O3S. The van der Waals surface area contributed by atoms with Gasteiger partial charge in [-0.1, -0.05) is 18.2 Å². The molecule has 1 aliphatic carbocycles. The zero-order valence-corrected chi connectivity index (χ0v) is 16.6. The summed E-state index contributed by atoms with van der Waals surface area (Å²) in [6.07, 6.45) is 2.14. The molecule has 2 amide bonds. The fourth-order valence-corrected chi connectivity index (χ4v) is 4.64. The van der Waals surface area contributed by atoms with Crippen molar-refractivity contribution < 1.29 is 14.3 Å². The van der Waals surface area contributed by atoms with Crippen LogP contribution < -0.4 is 15.5 Å². The van der Waals surface area contributed by atoms with Gasteiger partial charge in [0.25, 0.3) is 0 Å². The molecule has 28 heavy (non-hydrogen) atoms. The number of urea groups is 1. The minimum atomic E-state index is -0.443. The minimum absolute atomic E-state index is 0.106. The van der Waals surface area contributed by atoms with Crippen molar-refractivity contribution >= 4 is 34.5 Å². The van der Waals surface area contributed by atoms with E-state index in [-0.39, 0.29) is 11.8 Å². The second kappa shape index (κ2) is 8.16. The number of amides is 2. The summed E-state index contributed by atoms with van der Waals surface area (Å²) in [5.41, 5.74) is 3.23. The van der Waals surface area contributed by atoms with E-state index in [0.29, 0.717) is 25.1 Å². The SMILES string of the molecule is COCCNC(=O)N1c2ccccc2NC2=C(C(=O)CCC2)C1c1cccs1. The van der Waals surface area contributed by atoms with Gasteiger partial charge in [0.15, 0.2) is 5.78 Å². The number of carbonyl (C=O) groups excluding carboxylic acids is 2. The second-order valence-electron chi connectivity index (χ2n) is 6.82. The van der Waals surface area contributed by atoms with E-state index in [1.165, 1.54) is 0 Å². The number of carbonyl (C=O) groups is 2. The quantitative estimate of drug-likeness (QED) is 0.763. The third-order valence-electron chi connectivity index (χ3n) is 5.05. The van der Waals surface area contributed by atoms with E-state index in [1.807, 2.05) is 41.8 Å². The number of para-hydroxylation sites is 2. The van der Waals surface area contributed by atoms with Crippen LogP contribution in [0.4, 0.5) is 16.2 Å². The molecule has 0 radical (unpaired) electrons. The van der Waals surface area contributed by atoms with Gasteiger partial charge in [0.2, 0.25) is 0 Å². The number of rotatable bonds is 4. The predicted octanol–water partition coefficient (Wildman–Crippen LogP) is 4.08. The molecule has 146 valence electrons. The number of allylic oxidation sites excluding steroid dienone is 1. The molecule has 0 spiro atoms. The van der Waals surface area contributed by atoms with Gasteiger partial charge in [-0.3, -0.25) is 9.69 Å². The van der Waals surface area contributed by atoms with Crippen molar-refractivity contribution in [3.8, 4) is 0 Å². The molecule has 4 rings (SSSR count). The van der Waals surface area contributed by atoms with Gasteiger partial charge in [-0.2, -0.15) is 0 Å². The number of thiophene rings is 1. The van der Waals surface area contributed by atoms with Crippen LogP contribution in [0.25, 0.3) is 0 Å². The van der Waals surface area contributed by atoms with Crippen molar-refractivity contribution in [3.63, 3.8) is 0 Å². The van der Waals surface area contributed by atoms with Crippen LogP contribution in [0.1, 0.15) is 30.2 Å². The maximum atomic E-state index is 13.3. The molecule has 1 aromatic carbocycles. The number of benzene rings is 1. The predicted molar refractivity (Wildman–Crippen MR) is 111 cm³/mol. The minimum Gasteiger partial charge on any atom is -0.383 e. The monoisotopic (exact) mass is 397 g/mol. The highest BCUT2D eigenvalue weighted by atomic mass is 32.1. The van der Waals surface area contributed by atoms with E-state index in [9.17, 15) is 9.59 Å². The first kappa shape index (κ1) is 18.7. The summed E-state index contributed by atoms with van der Waals surface area (Å²) >= 11 is 1.56. The van der Waals surface area contributed by atoms with Crippen LogP contribution in [0.3, 0.4) is 0 Å². The highest BCUT2D eigenvalue weighted by Crippen LogP contribution is 2.45. The number of hydrogen-bond donors (Lipinski definition) is 2. The number of ketones is 1. The number of nitrogens with zero attached hydrogens (tertiary/aromatic N) is 1. The molecule has 2 heterocycles. The van der Waals surface area contributed by atoms with Gasteiger partial charge >= 0.3 is 6.03 Å². The molecule has 2 N–H and O–H groups in total. The largest absolute Gasteiger partial charge is 0.383 e. The Balaban J connectivity index is 1.87. The van der Waals surface area contributed by atoms with Gasteiger partial charge < -0.3 is 15.4 Å². The molecule has 2 aliphatic rings. The average molecular weight is 398 g/mol. The van der Waals surface area contributed by atoms with Crippen molar-refractivity contribution in [1.29, 1.82) is 0 Å². The molecule has 0 saturated heterocycles. The summed E-state index contributed by atoms with van der Waals surface area (Å²) in [6.45, 7) is 0.828. The van der Waals surface area contributed by atoms with E-state index < -0.39 is 6.04 Å². The Morgan fingerprint density at radius 1 is 1.29 bits per heavy atom. The van der Waals surface area contributed by atoms with E-state index in [1.54, 1.807) is 23.3 Å². The fraction of sp³-hybridized carbons (Fsp3) is 0.333. The van der Waals surface area contributed by atoms with Gasteiger partial charge in [-0.25, -0.2) is 4.79 Å². The van der Waals surface area contributed by atoms with Gasteiger partial charge in [0.1, 0.15) is 6.04 Å². The number of anilines is 2. The first-order valence-electron chi connectivity index (χ1n) is 9.42. The molecule has 6 nitrogen and oxygen atoms in total. The lowest BCUT2D eigenvalue weighted by molar-refractivity contribution is -0.116. The van der Waals surface area contributed by atoms with E-state index in [2.05, 4.69) is 10.6 Å². The fourth-order valence-electron chi connectivity index (χ4n) is 3.82. The molecule has 1 atom stereocenters. The van der Waals surface area contributed by atoms with Crippen molar-refractivity contribution in [1.82, 2.24) is 5.32 Å². The highest BCUT2D eigenvalue weighted by molar-refractivity contribution is 7.10. The molecule has 0 bridgehead atoms. The summed E-state index contributed by atoms with van der Waals surface area (Å²) in [6, 6.07) is 11.0. The van der Waals surface area contributed by atoms with E-state index >= 15 is 0 Å². The van der Waals surface area contributed by atoms with Crippen LogP contribution in [-0.4, -0.2) is 32.1 Å². The van der Waals surface area contributed by atoms with Crippen LogP contribution in [0.15, 0.2) is 53.0 Å². The lowest BCUT2D eigenvalue weighted by Gasteiger charge is -2.33. The number of Topliss-reactive ketones (excluding diaryl/α,β-unsaturated/α-hetero) is 1. The molecule has 0 saturated carbocycles. The lowest BCUT2D eigenvalue weighted by atomic mass is 9.88. The van der Waals surface area contributed by atoms with E-state index in [4.69, 9.17) is 4.74 Å². The summed E-state index contributed by atoms with van der Waals surface area (Å²) in [5.74, 6) is 0.106. The highest BCUT2D eigenvalue weighted by Gasteiger charge is 2.39. The number of fused-ring (bicyclic) bond motifs is 1. The maximum absolute atomic E-state index is 13.3. The zero-order valence-electron chi connectivity index (χ0n) is 15.7. The van der Waals surface area contributed by atoms with Gasteiger partial charge in [-0.15, -0.1) is 11.3 Å². The summed E-state index contributed by atoms with van der Waals surface area (Å²) in [4.78, 5) is 29.0. The number of ether oxygens (including phenoxy) is 1. The molecule has 0 fully saturated rings.